The van der Waals surface area contributed by atoms with Crippen LogP contribution in [-0.4, -0.2) is 68.2 Å². The Morgan fingerprint density at radius 1 is 1.29 bits per heavy atom. The first-order valence-electron chi connectivity index (χ1n) is 6.02. The molecule has 0 aliphatic carbocycles. The van der Waals surface area contributed by atoms with Gasteiger partial charge >= 0.3 is 12.0 Å². The number of nitrogens with zero attached hydrogens (tertiary/aromatic N) is 1. The highest BCUT2D eigenvalue weighted by Crippen LogP contribution is 1.97. The molecule has 21 heavy (non-hydrogen) atoms. The average molecular weight is 324 g/mol. The zero-order valence-corrected chi connectivity index (χ0v) is 12.6. The second-order valence-corrected chi connectivity index (χ2v) is 6.70. The summed E-state index contributed by atoms with van der Waals surface area (Å²) in [6, 6.07) is -2.11. The van der Waals surface area contributed by atoms with Gasteiger partial charge < -0.3 is 21.5 Å². The smallest absolute Gasteiger partial charge is 0.326 e. The van der Waals surface area contributed by atoms with Crippen LogP contribution in [-0.2, 0) is 19.6 Å². The number of urea groups is 1. The minimum absolute atomic E-state index is 0.145. The number of hydrogen-bond donors (Lipinski definition) is 4. The Labute approximate surface area is 122 Å². The van der Waals surface area contributed by atoms with Crippen LogP contribution in [0.5, 0.6) is 0 Å². The Bertz CT molecular complexity index is 490. The molecule has 11 heteroatoms. The summed E-state index contributed by atoms with van der Waals surface area (Å²) in [5.74, 6) is -2.31. The third kappa shape index (κ3) is 8.09. The van der Waals surface area contributed by atoms with Crippen molar-refractivity contribution in [2.45, 2.75) is 18.9 Å². The number of amides is 3. The SMILES string of the molecule is CN(C)S(=O)(=O)CCNC(=O)N[C@H](CCC(N)=O)C(=O)O. The molecule has 0 radical (unpaired) electrons. The number of hydrogen-bond acceptors (Lipinski definition) is 5. The van der Waals surface area contributed by atoms with Crippen molar-refractivity contribution < 1.29 is 27.9 Å². The maximum Gasteiger partial charge on any atom is 0.326 e. The number of sulfonamides is 1. The van der Waals surface area contributed by atoms with Gasteiger partial charge in [0.15, 0.2) is 0 Å². The fourth-order valence-corrected chi connectivity index (χ4v) is 1.95. The number of rotatable bonds is 9. The van der Waals surface area contributed by atoms with E-state index in [1.54, 1.807) is 0 Å². The van der Waals surface area contributed by atoms with Crippen molar-refractivity contribution in [3.05, 3.63) is 0 Å². The van der Waals surface area contributed by atoms with Gasteiger partial charge in [0, 0.05) is 27.1 Å². The van der Waals surface area contributed by atoms with E-state index in [0.717, 1.165) is 4.31 Å². The third-order valence-corrected chi connectivity index (χ3v) is 4.32. The molecule has 3 amide bonds. The Balaban J connectivity index is 4.27. The summed E-state index contributed by atoms with van der Waals surface area (Å²) in [6.07, 6.45) is -0.333. The standard InChI is InChI=1S/C10H20N4O6S/c1-14(2)21(19,20)6-5-12-10(18)13-7(9(16)17)3-4-8(11)15/h7H,3-6H2,1-2H3,(H2,11,15)(H,16,17)(H2,12,13,18)/t7-/m1/s1. The molecule has 0 heterocycles. The maximum atomic E-state index is 11.4. The van der Waals surface area contributed by atoms with Crippen molar-refractivity contribution in [2.24, 2.45) is 5.73 Å². The highest BCUT2D eigenvalue weighted by Gasteiger charge is 2.21. The molecule has 0 spiro atoms. The largest absolute Gasteiger partial charge is 0.480 e. The van der Waals surface area contributed by atoms with Crippen molar-refractivity contribution in [1.29, 1.82) is 0 Å². The summed E-state index contributed by atoms with van der Waals surface area (Å²) in [6.45, 7) is -0.172. The quantitative estimate of drug-likeness (QED) is 0.380. The average Bonchev–Trinajstić information content (AvgIpc) is 2.33. The summed E-state index contributed by atoms with van der Waals surface area (Å²) in [5, 5.41) is 13.2. The van der Waals surface area contributed by atoms with Crippen molar-refractivity contribution in [1.82, 2.24) is 14.9 Å². The van der Waals surface area contributed by atoms with Crippen molar-refractivity contribution >= 4 is 27.9 Å². The number of carboxylic acid groups (broad SMARTS) is 1. The first kappa shape index (κ1) is 19.1. The number of aliphatic carboxylic acids is 1. The van der Waals surface area contributed by atoms with E-state index in [2.05, 4.69) is 10.6 Å². The topological polar surface area (TPSA) is 159 Å². The molecule has 0 aromatic rings. The van der Waals surface area contributed by atoms with Crippen molar-refractivity contribution in [3.63, 3.8) is 0 Å². The Morgan fingerprint density at radius 2 is 1.86 bits per heavy atom. The van der Waals surface area contributed by atoms with Crippen LogP contribution in [0.3, 0.4) is 0 Å². The van der Waals surface area contributed by atoms with Crippen molar-refractivity contribution in [2.75, 3.05) is 26.4 Å². The lowest BCUT2D eigenvalue weighted by Crippen LogP contribution is -2.47. The summed E-state index contributed by atoms with van der Waals surface area (Å²) in [7, 11) is -0.725. The lowest BCUT2D eigenvalue weighted by atomic mass is 10.1. The Hall–Kier alpha value is -1.88. The molecule has 0 fully saturated rings. The molecule has 5 N–H and O–H groups in total. The molecule has 0 bridgehead atoms. The van der Waals surface area contributed by atoms with Crippen LogP contribution in [0.1, 0.15) is 12.8 Å². The molecular weight excluding hydrogens is 304 g/mol. The van der Waals surface area contributed by atoms with Crippen LogP contribution >= 0.6 is 0 Å². The van der Waals surface area contributed by atoms with E-state index in [-0.39, 0.29) is 25.1 Å². The summed E-state index contributed by atoms with van der Waals surface area (Å²) >= 11 is 0. The summed E-state index contributed by atoms with van der Waals surface area (Å²) in [4.78, 5) is 32.9. The van der Waals surface area contributed by atoms with Gasteiger partial charge in [-0.2, -0.15) is 0 Å². The fraction of sp³-hybridized carbons (Fsp3) is 0.700. The number of primary amides is 1. The minimum Gasteiger partial charge on any atom is -0.480 e. The molecule has 0 aliphatic rings. The molecule has 0 saturated heterocycles. The first-order valence-corrected chi connectivity index (χ1v) is 7.63. The van der Waals surface area contributed by atoms with E-state index in [0.29, 0.717) is 0 Å². The van der Waals surface area contributed by atoms with Crippen LogP contribution in [0.15, 0.2) is 0 Å². The number of carbonyl (C=O) groups excluding carboxylic acids is 2. The highest BCUT2D eigenvalue weighted by molar-refractivity contribution is 7.89. The van der Waals surface area contributed by atoms with Crippen LogP contribution in [0.4, 0.5) is 4.79 Å². The van der Waals surface area contributed by atoms with Gasteiger partial charge in [-0.3, -0.25) is 4.79 Å². The molecule has 0 aromatic carbocycles. The van der Waals surface area contributed by atoms with Gasteiger partial charge in [-0.25, -0.2) is 22.3 Å². The molecule has 0 aromatic heterocycles. The van der Waals surface area contributed by atoms with Crippen LogP contribution in [0.2, 0.25) is 0 Å². The van der Waals surface area contributed by atoms with E-state index >= 15 is 0 Å². The Morgan fingerprint density at radius 3 is 2.29 bits per heavy atom. The predicted molar refractivity (Wildman–Crippen MR) is 73.9 cm³/mol. The van der Waals surface area contributed by atoms with Gasteiger partial charge in [-0.15, -0.1) is 0 Å². The highest BCUT2D eigenvalue weighted by atomic mass is 32.2. The molecule has 122 valence electrons. The molecule has 0 rings (SSSR count). The lowest BCUT2D eigenvalue weighted by Gasteiger charge is -2.15. The molecule has 10 nitrogen and oxygen atoms in total. The van der Waals surface area contributed by atoms with Gasteiger partial charge in [0.25, 0.3) is 0 Å². The Kier molecular flexibility index (Phi) is 7.66. The zero-order chi connectivity index (χ0) is 16.6. The van der Waals surface area contributed by atoms with Gasteiger partial charge in [-0.05, 0) is 6.42 Å². The van der Waals surface area contributed by atoms with Gasteiger partial charge in [0.2, 0.25) is 15.9 Å². The number of carboxylic acids is 1. The second kappa shape index (κ2) is 8.42. The molecule has 1 atom stereocenters. The first-order chi connectivity index (χ1) is 9.56. The van der Waals surface area contributed by atoms with Crippen LogP contribution < -0.4 is 16.4 Å². The fourth-order valence-electron chi connectivity index (χ4n) is 1.23. The number of nitrogens with one attached hydrogen (secondary N) is 2. The van der Waals surface area contributed by atoms with E-state index in [1.807, 2.05) is 0 Å². The summed E-state index contributed by atoms with van der Waals surface area (Å²) in [5.41, 5.74) is 4.90. The minimum atomic E-state index is -3.45. The zero-order valence-electron chi connectivity index (χ0n) is 11.8. The molecule has 0 saturated carbocycles. The number of carbonyl (C=O) groups is 3. The number of nitrogens with two attached hydrogens (primary N) is 1. The lowest BCUT2D eigenvalue weighted by molar-refractivity contribution is -0.139. The summed E-state index contributed by atoms with van der Waals surface area (Å²) < 4.78 is 23.9. The van der Waals surface area contributed by atoms with E-state index in [1.165, 1.54) is 14.1 Å². The van der Waals surface area contributed by atoms with Crippen LogP contribution in [0, 0.1) is 0 Å². The van der Waals surface area contributed by atoms with Gasteiger partial charge in [0.1, 0.15) is 6.04 Å². The predicted octanol–water partition coefficient (Wildman–Crippen LogP) is -2.10. The van der Waals surface area contributed by atoms with E-state index in [9.17, 15) is 22.8 Å². The second-order valence-electron chi connectivity index (χ2n) is 4.39. The van der Waals surface area contributed by atoms with Crippen LogP contribution in [0.25, 0.3) is 0 Å². The third-order valence-electron chi connectivity index (χ3n) is 2.48. The molecule has 0 unspecified atom stereocenters. The maximum absolute atomic E-state index is 11.4. The van der Waals surface area contributed by atoms with E-state index in [4.69, 9.17) is 10.8 Å². The monoisotopic (exact) mass is 324 g/mol. The molecule has 0 aliphatic heterocycles. The van der Waals surface area contributed by atoms with Gasteiger partial charge in [0.05, 0.1) is 5.75 Å². The normalized spacial score (nSPS) is 12.7. The van der Waals surface area contributed by atoms with Crippen molar-refractivity contribution in [3.8, 4) is 0 Å². The molecular formula is C10H20N4O6S. The van der Waals surface area contributed by atoms with Gasteiger partial charge in [-0.1, -0.05) is 0 Å². The van der Waals surface area contributed by atoms with E-state index < -0.39 is 34.0 Å².